The van der Waals surface area contributed by atoms with E-state index in [1.165, 1.54) is 6.07 Å². The van der Waals surface area contributed by atoms with Gasteiger partial charge in [0.1, 0.15) is 5.82 Å². The summed E-state index contributed by atoms with van der Waals surface area (Å²) in [5.41, 5.74) is 6.53. The second kappa shape index (κ2) is 4.75. The lowest BCUT2D eigenvalue weighted by molar-refractivity contribution is 0.0698. The van der Waals surface area contributed by atoms with Crippen molar-refractivity contribution in [3.63, 3.8) is 0 Å². The van der Waals surface area contributed by atoms with E-state index in [0.29, 0.717) is 16.5 Å². The number of carbonyl (C=O) groups is 1. The zero-order chi connectivity index (χ0) is 15.0. The number of nitrogen functional groups attached to an aromatic ring is 1. The van der Waals surface area contributed by atoms with Crippen molar-refractivity contribution < 1.29 is 9.90 Å². The van der Waals surface area contributed by atoms with Gasteiger partial charge in [0, 0.05) is 5.56 Å². The van der Waals surface area contributed by atoms with Crippen LogP contribution >= 0.6 is 0 Å². The number of hydrogen-bond donors (Lipinski definition) is 3. The molecule has 6 heteroatoms. The predicted molar refractivity (Wildman–Crippen MR) is 79.2 cm³/mol. The first-order valence-electron chi connectivity index (χ1n) is 6.19. The summed E-state index contributed by atoms with van der Waals surface area (Å²) in [6, 6.07) is 11.5. The van der Waals surface area contributed by atoms with Crippen molar-refractivity contribution in [2.24, 2.45) is 0 Å². The molecule has 0 aliphatic heterocycles. The number of nitrogens with one attached hydrogen (secondary N) is 1. The number of aromatic nitrogens is 2. The first kappa shape index (κ1) is 12.9. The summed E-state index contributed by atoms with van der Waals surface area (Å²) in [7, 11) is 0. The molecule has 2 aromatic carbocycles. The molecule has 0 unspecified atom stereocenters. The zero-order valence-electron chi connectivity index (χ0n) is 10.8. The summed E-state index contributed by atoms with van der Waals surface area (Å²) in [6.45, 7) is 0. The van der Waals surface area contributed by atoms with Crippen LogP contribution in [0.1, 0.15) is 10.4 Å². The van der Waals surface area contributed by atoms with Crippen molar-refractivity contribution in [2.75, 3.05) is 5.73 Å². The van der Waals surface area contributed by atoms with Crippen molar-refractivity contribution >= 4 is 22.6 Å². The Morgan fingerprint density at radius 2 is 1.90 bits per heavy atom. The molecule has 0 bridgehead atoms. The third kappa shape index (κ3) is 2.12. The fourth-order valence-corrected chi connectivity index (χ4v) is 2.17. The minimum absolute atomic E-state index is 0.0247. The maximum Gasteiger partial charge on any atom is 0.337 e. The van der Waals surface area contributed by atoms with E-state index in [1.54, 1.807) is 36.4 Å². The number of carboxylic acid groups (broad SMARTS) is 1. The first-order chi connectivity index (χ1) is 10.1. The molecule has 1 heterocycles. The second-order valence-electron chi connectivity index (χ2n) is 4.50. The number of aromatic amines is 1. The van der Waals surface area contributed by atoms with Crippen LogP contribution in [-0.4, -0.2) is 21.0 Å². The highest BCUT2D eigenvalue weighted by Crippen LogP contribution is 2.26. The maximum atomic E-state index is 12.1. The number of anilines is 1. The van der Waals surface area contributed by atoms with Crippen LogP contribution in [0.2, 0.25) is 0 Å². The number of hydrogen-bond acceptors (Lipinski definition) is 4. The van der Waals surface area contributed by atoms with E-state index in [0.717, 1.165) is 0 Å². The van der Waals surface area contributed by atoms with E-state index in [1.807, 2.05) is 0 Å². The average Bonchev–Trinajstić information content (AvgIpc) is 2.47. The Hall–Kier alpha value is -3.15. The monoisotopic (exact) mass is 281 g/mol. The lowest BCUT2D eigenvalue weighted by atomic mass is 10.1. The van der Waals surface area contributed by atoms with E-state index in [4.69, 9.17) is 10.8 Å². The molecule has 3 rings (SSSR count). The van der Waals surface area contributed by atoms with Crippen molar-refractivity contribution in [2.45, 2.75) is 0 Å². The Morgan fingerprint density at radius 1 is 1.14 bits per heavy atom. The minimum atomic E-state index is -1.13. The van der Waals surface area contributed by atoms with Crippen LogP contribution in [0, 0.1) is 0 Å². The number of nitrogens with zero attached hydrogens (tertiary/aromatic N) is 1. The minimum Gasteiger partial charge on any atom is -0.478 e. The Morgan fingerprint density at radius 3 is 2.67 bits per heavy atom. The molecule has 0 saturated carbocycles. The third-order valence-corrected chi connectivity index (χ3v) is 3.20. The van der Waals surface area contributed by atoms with Gasteiger partial charge in [-0.3, -0.25) is 4.79 Å². The van der Waals surface area contributed by atoms with Crippen molar-refractivity contribution in [3.05, 3.63) is 58.4 Å². The summed E-state index contributed by atoms with van der Waals surface area (Å²) < 4.78 is 0. The molecule has 0 saturated heterocycles. The molecule has 6 nitrogen and oxygen atoms in total. The number of rotatable bonds is 2. The molecule has 0 aliphatic carbocycles. The fourth-order valence-electron chi connectivity index (χ4n) is 2.17. The van der Waals surface area contributed by atoms with Crippen LogP contribution in [-0.2, 0) is 0 Å². The van der Waals surface area contributed by atoms with Crippen LogP contribution in [0.15, 0.2) is 47.3 Å². The van der Waals surface area contributed by atoms with Gasteiger partial charge in [-0.15, -0.1) is 0 Å². The summed E-state index contributed by atoms with van der Waals surface area (Å²) in [4.78, 5) is 30.1. The highest BCUT2D eigenvalue weighted by Gasteiger charge is 2.14. The summed E-state index contributed by atoms with van der Waals surface area (Å²) in [5.74, 6) is -0.878. The highest BCUT2D eigenvalue weighted by molar-refractivity contribution is 5.97. The molecule has 0 atom stereocenters. The number of fused-ring (bicyclic) bond motifs is 1. The normalized spacial score (nSPS) is 10.7. The standard InChI is InChI=1S/C15H11N3O3/c16-12-9(5-3-6-10(12)15(20)21)13-17-11-7-2-1-4-8(11)14(19)18-13/h1-7H,16H2,(H,20,21)(H,17,18,19). The summed E-state index contributed by atoms with van der Waals surface area (Å²) in [5, 5.41) is 9.56. The topological polar surface area (TPSA) is 109 Å². The van der Waals surface area contributed by atoms with Crippen molar-refractivity contribution in [1.29, 1.82) is 0 Å². The van der Waals surface area contributed by atoms with Gasteiger partial charge in [0.05, 0.1) is 22.2 Å². The number of para-hydroxylation sites is 2. The predicted octanol–water partition coefficient (Wildman–Crippen LogP) is 1.87. The quantitative estimate of drug-likeness (QED) is 0.621. The van der Waals surface area contributed by atoms with Gasteiger partial charge in [-0.1, -0.05) is 18.2 Å². The summed E-state index contributed by atoms with van der Waals surface area (Å²) >= 11 is 0. The number of H-pyrrole nitrogens is 1. The molecule has 0 spiro atoms. The van der Waals surface area contributed by atoms with E-state index >= 15 is 0 Å². The van der Waals surface area contributed by atoms with Crippen molar-refractivity contribution in [1.82, 2.24) is 9.97 Å². The van der Waals surface area contributed by atoms with E-state index in [2.05, 4.69) is 9.97 Å². The molecule has 4 N–H and O–H groups in total. The Bertz CT molecular complexity index is 915. The number of aromatic carboxylic acids is 1. The van der Waals surface area contributed by atoms with Gasteiger partial charge < -0.3 is 15.8 Å². The van der Waals surface area contributed by atoms with Gasteiger partial charge in [-0.05, 0) is 24.3 Å². The average molecular weight is 281 g/mol. The Labute approximate surface area is 118 Å². The largest absolute Gasteiger partial charge is 0.478 e. The van der Waals surface area contributed by atoms with Gasteiger partial charge in [-0.25, -0.2) is 9.78 Å². The van der Waals surface area contributed by atoms with Gasteiger partial charge in [0.2, 0.25) is 0 Å². The first-order valence-corrected chi connectivity index (χ1v) is 6.19. The molecule has 0 fully saturated rings. The third-order valence-electron chi connectivity index (χ3n) is 3.20. The van der Waals surface area contributed by atoms with Gasteiger partial charge in [0.15, 0.2) is 0 Å². The van der Waals surface area contributed by atoms with Gasteiger partial charge in [-0.2, -0.15) is 0 Å². The van der Waals surface area contributed by atoms with Crippen LogP contribution < -0.4 is 11.3 Å². The van der Waals surface area contributed by atoms with Crippen LogP contribution in [0.25, 0.3) is 22.3 Å². The Balaban J connectivity index is 2.29. The molecule has 0 radical (unpaired) electrons. The number of carboxylic acids is 1. The molecule has 21 heavy (non-hydrogen) atoms. The van der Waals surface area contributed by atoms with E-state index < -0.39 is 5.97 Å². The molecule has 0 aliphatic rings. The van der Waals surface area contributed by atoms with E-state index in [9.17, 15) is 9.59 Å². The number of benzene rings is 2. The van der Waals surface area contributed by atoms with E-state index in [-0.39, 0.29) is 22.6 Å². The van der Waals surface area contributed by atoms with Gasteiger partial charge in [0.25, 0.3) is 5.56 Å². The van der Waals surface area contributed by atoms with Crippen LogP contribution in [0.5, 0.6) is 0 Å². The maximum absolute atomic E-state index is 12.1. The van der Waals surface area contributed by atoms with Crippen LogP contribution in [0.3, 0.4) is 0 Å². The smallest absolute Gasteiger partial charge is 0.337 e. The lowest BCUT2D eigenvalue weighted by Gasteiger charge is -2.08. The number of nitrogens with two attached hydrogens (primary N) is 1. The van der Waals surface area contributed by atoms with Crippen molar-refractivity contribution in [3.8, 4) is 11.4 Å². The molecule has 0 amide bonds. The highest BCUT2D eigenvalue weighted by atomic mass is 16.4. The molecule has 104 valence electrons. The van der Waals surface area contributed by atoms with Gasteiger partial charge >= 0.3 is 5.97 Å². The molecule has 3 aromatic rings. The SMILES string of the molecule is Nc1c(C(=O)O)cccc1-c1nc2ccccc2c(=O)[nH]1. The zero-order valence-corrected chi connectivity index (χ0v) is 10.8. The molecular formula is C15H11N3O3. The fraction of sp³-hybridized carbons (Fsp3) is 0. The lowest BCUT2D eigenvalue weighted by Crippen LogP contribution is -2.11. The molecule has 1 aromatic heterocycles. The Kier molecular flexibility index (Phi) is 2.91. The summed E-state index contributed by atoms with van der Waals surface area (Å²) in [6.07, 6.45) is 0. The molecular weight excluding hydrogens is 270 g/mol. The second-order valence-corrected chi connectivity index (χ2v) is 4.50. The van der Waals surface area contributed by atoms with Crippen LogP contribution in [0.4, 0.5) is 5.69 Å².